The van der Waals surface area contributed by atoms with Crippen LogP contribution < -0.4 is 10.1 Å². The first-order valence-corrected chi connectivity index (χ1v) is 9.64. The van der Waals surface area contributed by atoms with Crippen molar-refractivity contribution < 1.29 is 14.5 Å². The number of carbonyl (C=O) groups excluding carboxylic acids is 1. The lowest BCUT2D eigenvalue weighted by Crippen LogP contribution is -2.15. The fraction of sp³-hybridized carbons (Fsp3) is 0.143. The highest BCUT2D eigenvalue weighted by molar-refractivity contribution is 6.01. The number of aromatic nitrogens is 5. The van der Waals surface area contributed by atoms with E-state index in [9.17, 15) is 14.9 Å². The van der Waals surface area contributed by atoms with Gasteiger partial charge in [0.15, 0.2) is 18.2 Å². The SMILES string of the molecule is Cc1ccc(Cn2cnc(NC(=O)c3ccn(COc4ccccc4[N+](=O)[O-])n3)n2)cc1. The Hall–Kier alpha value is -4.54. The van der Waals surface area contributed by atoms with Crippen LogP contribution in [-0.4, -0.2) is 35.4 Å². The number of amides is 1. The zero-order valence-electron chi connectivity index (χ0n) is 17.1. The van der Waals surface area contributed by atoms with Gasteiger partial charge >= 0.3 is 5.69 Å². The van der Waals surface area contributed by atoms with Gasteiger partial charge in [0.25, 0.3) is 5.91 Å². The molecule has 32 heavy (non-hydrogen) atoms. The normalized spacial score (nSPS) is 10.7. The van der Waals surface area contributed by atoms with Crippen LogP contribution in [0.3, 0.4) is 0 Å². The molecule has 4 aromatic rings. The Morgan fingerprint density at radius 3 is 2.66 bits per heavy atom. The molecule has 11 nitrogen and oxygen atoms in total. The van der Waals surface area contributed by atoms with Crippen molar-refractivity contribution >= 4 is 17.5 Å². The van der Waals surface area contributed by atoms with Crippen molar-refractivity contribution in [3.63, 3.8) is 0 Å². The first-order valence-electron chi connectivity index (χ1n) is 9.64. The van der Waals surface area contributed by atoms with Gasteiger partial charge in [-0.25, -0.2) is 14.3 Å². The summed E-state index contributed by atoms with van der Waals surface area (Å²) in [7, 11) is 0. The van der Waals surface area contributed by atoms with Crippen molar-refractivity contribution in [2.45, 2.75) is 20.2 Å². The highest BCUT2D eigenvalue weighted by Gasteiger charge is 2.15. The molecule has 162 valence electrons. The van der Waals surface area contributed by atoms with Crippen LogP contribution in [0.2, 0.25) is 0 Å². The summed E-state index contributed by atoms with van der Waals surface area (Å²) in [5.74, 6) is -0.210. The van der Waals surface area contributed by atoms with Crippen molar-refractivity contribution in [3.8, 4) is 5.75 Å². The molecule has 0 unspecified atom stereocenters. The third kappa shape index (κ3) is 4.95. The zero-order chi connectivity index (χ0) is 22.5. The van der Waals surface area contributed by atoms with Gasteiger partial charge in [-0.1, -0.05) is 42.0 Å². The zero-order valence-corrected chi connectivity index (χ0v) is 17.1. The number of nitrogens with one attached hydrogen (secondary N) is 1. The summed E-state index contributed by atoms with van der Waals surface area (Å²) in [6.07, 6.45) is 3.07. The van der Waals surface area contributed by atoms with Crippen LogP contribution in [-0.2, 0) is 13.3 Å². The van der Waals surface area contributed by atoms with E-state index in [1.165, 1.54) is 41.0 Å². The van der Waals surface area contributed by atoms with Gasteiger partial charge in [-0.3, -0.25) is 20.2 Å². The van der Waals surface area contributed by atoms with E-state index in [1.54, 1.807) is 16.8 Å². The van der Waals surface area contributed by atoms with E-state index in [2.05, 4.69) is 20.5 Å². The standard InChI is InChI=1S/C21H19N7O4/c1-15-6-8-16(9-7-15)12-27-13-22-21(25-27)23-20(29)17-10-11-26(24-17)14-32-19-5-3-2-4-18(19)28(30)31/h2-11,13H,12,14H2,1H3,(H,23,25,29). The predicted molar refractivity (Wildman–Crippen MR) is 114 cm³/mol. The minimum atomic E-state index is -0.526. The monoisotopic (exact) mass is 433 g/mol. The molecule has 2 aromatic heterocycles. The molecule has 0 saturated carbocycles. The molecule has 0 saturated heterocycles. The third-order valence-electron chi connectivity index (χ3n) is 4.51. The lowest BCUT2D eigenvalue weighted by atomic mass is 10.1. The number of carbonyl (C=O) groups is 1. The van der Waals surface area contributed by atoms with Gasteiger partial charge in [0.1, 0.15) is 6.33 Å². The molecule has 4 rings (SSSR count). The van der Waals surface area contributed by atoms with Crippen LogP contribution in [0.15, 0.2) is 67.1 Å². The summed E-state index contributed by atoms with van der Waals surface area (Å²) in [6.45, 7) is 2.45. The number of para-hydroxylation sites is 2. The number of hydrogen-bond donors (Lipinski definition) is 1. The summed E-state index contributed by atoms with van der Waals surface area (Å²) < 4.78 is 8.44. The number of anilines is 1. The van der Waals surface area contributed by atoms with Crippen LogP contribution in [0, 0.1) is 17.0 Å². The fourth-order valence-corrected chi connectivity index (χ4v) is 2.89. The third-order valence-corrected chi connectivity index (χ3v) is 4.51. The van der Waals surface area contributed by atoms with E-state index in [0.717, 1.165) is 5.56 Å². The number of benzene rings is 2. The maximum Gasteiger partial charge on any atom is 0.311 e. The molecule has 11 heteroatoms. The van der Waals surface area contributed by atoms with E-state index in [4.69, 9.17) is 4.74 Å². The summed E-state index contributed by atoms with van der Waals surface area (Å²) >= 11 is 0. The number of nitro groups is 1. The van der Waals surface area contributed by atoms with Crippen molar-refractivity contribution in [3.05, 3.63) is 94.1 Å². The Morgan fingerprint density at radius 1 is 1.09 bits per heavy atom. The van der Waals surface area contributed by atoms with Gasteiger partial charge in [0.05, 0.1) is 11.5 Å². The number of nitrogens with zero attached hydrogens (tertiary/aromatic N) is 6. The summed E-state index contributed by atoms with van der Waals surface area (Å²) in [5.41, 5.74) is 2.22. The molecule has 0 fully saturated rings. The van der Waals surface area contributed by atoms with E-state index in [-0.39, 0.29) is 29.8 Å². The molecule has 0 radical (unpaired) electrons. The van der Waals surface area contributed by atoms with Gasteiger partial charge in [-0.15, -0.1) is 5.10 Å². The smallest absolute Gasteiger partial charge is 0.311 e. The fourth-order valence-electron chi connectivity index (χ4n) is 2.89. The number of ether oxygens (including phenoxy) is 1. The first-order chi connectivity index (χ1) is 15.5. The van der Waals surface area contributed by atoms with Gasteiger partial charge in [0.2, 0.25) is 5.95 Å². The average Bonchev–Trinajstić information content (AvgIpc) is 3.43. The molecular weight excluding hydrogens is 414 g/mol. The van der Waals surface area contributed by atoms with Gasteiger partial charge in [-0.05, 0) is 24.6 Å². The van der Waals surface area contributed by atoms with Crippen molar-refractivity contribution in [2.24, 2.45) is 0 Å². The first kappa shape index (κ1) is 20.7. The molecule has 2 aromatic carbocycles. The molecule has 1 N–H and O–H groups in total. The molecule has 0 aliphatic heterocycles. The van der Waals surface area contributed by atoms with E-state index < -0.39 is 10.8 Å². The lowest BCUT2D eigenvalue weighted by molar-refractivity contribution is -0.386. The molecule has 0 spiro atoms. The molecule has 0 aliphatic rings. The summed E-state index contributed by atoms with van der Waals surface area (Å²) in [5, 5.41) is 22.0. The van der Waals surface area contributed by atoms with Crippen LogP contribution >= 0.6 is 0 Å². The van der Waals surface area contributed by atoms with Gasteiger partial charge in [0, 0.05) is 12.3 Å². The van der Waals surface area contributed by atoms with E-state index in [1.807, 2.05) is 31.2 Å². The Bertz CT molecular complexity index is 1250. The Labute approximate surface area is 182 Å². The van der Waals surface area contributed by atoms with Crippen LogP contribution in [0.5, 0.6) is 5.75 Å². The minimum absolute atomic E-state index is 0.0957. The largest absolute Gasteiger partial charge is 0.464 e. The average molecular weight is 433 g/mol. The summed E-state index contributed by atoms with van der Waals surface area (Å²) in [6, 6.07) is 15.6. The minimum Gasteiger partial charge on any atom is -0.464 e. The van der Waals surface area contributed by atoms with Crippen LogP contribution in [0.1, 0.15) is 21.6 Å². The second-order valence-electron chi connectivity index (χ2n) is 6.94. The van der Waals surface area contributed by atoms with Crippen LogP contribution in [0.4, 0.5) is 11.6 Å². The molecule has 0 atom stereocenters. The Kier molecular flexibility index (Phi) is 5.88. The highest BCUT2D eigenvalue weighted by Crippen LogP contribution is 2.25. The van der Waals surface area contributed by atoms with E-state index >= 15 is 0 Å². The highest BCUT2D eigenvalue weighted by atomic mass is 16.6. The number of nitro benzene ring substituents is 1. The molecule has 0 aliphatic carbocycles. The molecule has 2 heterocycles. The molecule has 1 amide bonds. The van der Waals surface area contributed by atoms with Crippen molar-refractivity contribution in [1.29, 1.82) is 0 Å². The number of rotatable bonds is 8. The quantitative estimate of drug-likeness (QED) is 0.334. The lowest BCUT2D eigenvalue weighted by Gasteiger charge is -2.06. The second-order valence-corrected chi connectivity index (χ2v) is 6.94. The molecular formula is C21H19N7O4. The summed E-state index contributed by atoms with van der Waals surface area (Å²) in [4.78, 5) is 27.1. The number of hydrogen-bond acceptors (Lipinski definition) is 7. The Morgan fingerprint density at radius 2 is 1.88 bits per heavy atom. The second kappa shape index (κ2) is 9.08. The number of aryl methyl sites for hydroxylation is 1. The van der Waals surface area contributed by atoms with Crippen molar-refractivity contribution in [2.75, 3.05) is 5.32 Å². The maximum absolute atomic E-state index is 12.4. The van der Waals surface area contributed by atoms with E-state index in [0.29, 0.717) is 6.54 Å². The van der Waals surface area contributed by atoms with Gasteiger partial charge < -0.3 is 4.74 Å². The van der Waals surface area contributed by atoms with Gasteiger partial charge in [-0.2, -0.15) is 5.10 Å². The molecule has 0 bridgehead atoms. The topological polar surface area (TPSA) is 130 Å². The Balaban J connectivity index is 1.35. The van der Waals surface area contributed by atoms with Crippen LogP contribution in [0.25, 0.3) is 0 Å². The maximum atomic E-state index is 12.4. The predicted octanol–water partition coefficient (Wildman–Crippen LogP) is 3.03. The van der Waals surface area contributed by atoms with Crippen molar-refractivity contribution in [1.82, 2.24) is 24.5 Å².